The lowest BCUT2D eigenvalue weighted by atomic mass is 9.93. The number of anilines is 1. The number of nitrogens with one attached hydrogen (secondary N) is 2. The summed E-state index contributed by atoms with van der Waals surface area (Å²) < 4.78 is 97.8. The summed E-state index contributed by atoms with van der Waals surface area (Å²) in [4.78, 5) is 27.2. The molecule has 0 radical (unpaired) electrons. The molecule has 216 valence electrons. The summed E-state index contributed by atoms with van der Waals surface area (Å²) in [6.07, 6.45) is -5.49. The van der Waals surface area contributed by atoms with E-state index in [1.54, 1.807) is 12.1 Å². The number of aryl methyl sites for hydroxylation is 1. The minimum Gasteiger partial charge on any atom is -0.325 e. The molecule has 3 heterocycles. The van der Waals surface area contributed by atoms with Crippen LogP contribution in [-0.2, 0) is 43.1 Å². The van der Waals surface area contributed by atoms with Gasteiger partial charge < -0.3 is 19.7 Å². The van der Waals surface area contributed by atoms with E-state index in [2.05, 4.69) is 5.32 Å². The number of ether oxygens (including phenoxy) is 2. The minimum atomic E-state index is -4.74. The highest BCUT2D eigenvalue weighted by Gasteiger charge is 2.66. The smallest absolute Gasteiger partial charge is 0.325 e. The third-order valence-electron chi connectivity index (χ3n) is 7.18. The molecule has 4 atom stereocenters. The Morgan fingerprint density at radius 1 is 1.23 bits per heavy atom. The quantitative estimate of drug-likeness (QED) is 0.332. The van der Waals surface area contributed by atoms with Gasteiger partial charge in [-0.2, -0.15) is 21.6 Å². The lowest BCUT2D eigenvalue weighted by Crippen LogP contribution is -2.59. The van der Waals surface area contributed by atoms with Crippen molar-refractivity contribution in [2.75, 3.05) is 11.9 Å². The number of halogens is 4. The van der Waals surface area contributed by atoms with Crippen LogP contribution in [0.5, 0.6) is 0 Å². The van der Waals surface area contributed by atoms with Crippen LogP contribution in [0.3, 0.4) is 0 Å². The van der Waals surface area contributed by atoms with Gasteiger partial charge in [-0.05, 0) is 60.7 Å². The topological polar surface area (TPSA) is 138 Å². The standard InChI is InChI=1S/C24H24F4N4O7S/c1-13(24(26,27)28)31(11-14-2-4-16(25)5-3-14)19(33)12-32-20-23(39-22(32)38-20)9-8-15-10-17(6-7-18(15)23)29-21(34)30-40(35,36)37/h2-7,10,13,20,22H,8-9,11-12H2,1H3,(H2,29,30,34)(H,35,36,37)/t13-,20?,22?,23+/m0/s1. The van der Waals surface area contributed by atoms with E-state index in [9.17, 15) is 35.6 Å². The lowest BCUT2D eigenvalue weighted by molar-refractivity contribution is -0.285. The molecule has 3 amide bonds. The van der Waals surface area contributed by atoms with Gasteiger partial charge in [-0.1, -0.05) is 18.2 Å². The highest BCUT2D eigenvalue weighted by molar-refractivity contribution is 7.84. The maximum atomic E-state index is 13.6. The Bertz CT molecular complexity index is 1440. The van der Waals surface area contributed by atoms with Gasteiger partial charge >= 0.3 is 22.5 Å². The number of benzene rings is 2. The maximum Gasteiger partial charge on any atom is 0.408 e. The van der Waals surface area contributed by atoms with Crippen molar-refractivity contribution in [1.82, 2.24) is 14.5 Å². The average Bonchev–Trinajstić information content (AvgIpc) is 3.50. The summed E-state index contributed by atoms with van der Waals surface area (Å²) in [5, 5.41) is 2.29. The number of hydrogen-bond donors (Lipinski definition) is 3. The summed E-state index contributed by atoms with van der Waals surface area (Å²) in [6, 6.07) is 6.31. The first-order valence-electron chi connectivity index (χ1n) is 12.1. The van der Waals surface area contributed by atoms with E-state index in [0.29, 0.717) is 28.9 Å². The van der Waals surface area contributed by atoms with Crippen LogP contribution in [0.25, 0.3) is 0 Å². The molecule has 4 aliphatic rings. The summed E-state index contributed by atoms with van der Waals surface area (Å²) in [5.74, 6) is -1.36. The van der Waals surface area contributed by atoms with Crippen LogP contribution in [0, 0.1) is 5.82 Å². The monoisotopic (exact) mass is 588 g/mol. The molecule has 3 aliphatic heterocycles. The lowest BCUT2D eigenvalue weighted by Gasteiger charge is -2.41. The Kier molecular flexibility index (Phi) is 7.02. The molecule has 2 bridgehead atoms. The van der Waals surface area contributed by atoms with Crippen molar-refractivity contribution in [1.29, 1.82) is 0 Å². The summed E-state index contributed by atoms with van der Waals surface area (Å²) >= 11 is 0. The highest BCUT2D eigenvalue weighted by Crippen LogP contribution is 2.56. The van der Waals surface area contributed by atoms with Crippen molar-refractivity contribution in [3.05, 3.63) is 65.0 Å². The Hall–Kier alpha value is -3.31. The van der Waals surface area contributed by atoms with Crippen LogP contribution in [0.4, 0.5) is 28.0 Å². The Morgan fingerprint density at radius 3 is 2.58 bits per heavy atom. The highest BCUT2D eigenvalue weighted by atomic mass is 32.2. The van der Waals surface area contributed by atoms with E-state index >= 15 is 0 Å². The third kappa shape index (κ3) is 5.36. The fourth-order valence-electron chi connectivity index (χ4n) is 5.23. The zero-order valence-electron chi connectivity index (χ0n) is 20.8. The second kappa shape index (κ2) is 9.95. The molecule has 1 aliphatic carbocycles. The number of amides is 3. The van der Waals surface area contributed by atoms with Gasteiger partial charge in [0.25, 0.3) is 0 Å². The molecule has 0 aromatic heterocycles. The van der Waals surface area contributed by atoms with E-state index in [1.165, 1.54) is 27.8 Å². The fourth-order valence-corrected chi connectivity index (χ4v) is 5.52. The number of hydrogen-bond acceptors (Lipinski definition) is 7. The molecule has 3 N–H and O–H groups in total. The van der Waals surface area contributed by atoms with Crippen LogP contribution in [0.2, 0.25) is 0 Å². The van der Waals surface area contributed by atoms with Gasteiger partial charge in [-0.25, -0.2) is 18.8 Å². The molecule has 0 saturated carbocycles. The maximum absolute atomic E-state index is 13.6. The van der Waals surface area contributed by atoms with Crippen LogP contribution >= 0.6 is 0 Å². The van der Waals surface area contributed by atoms with Crippen molar-refractivity contribution in [3.8, 4) is 0 Å². The van der Waals surface area contributed by atoms with Gasteiger partial charge in [0.05, 0.1) is 6.54 Å². The average molecular weight is 589 g/mol. The molecular formula is C24H24F4N4O7S. The van der Waals surface area contributed by atoms with Crippen molar-refractivity contribution in [3.63, 3.8) is 0 Å². The SMILES string of the molecule is C[C@H](N(Cc1ccc(F)cc1)C(=O)CN1C2OC1[C@]1(CCc3cc(NC(=O)NS(=O)(=O)O)ccc31)O2)C(F)(F)F. The minimum absolute atomic E-state index is 0.243. The van der Waals surface area contributed by atoms with Gasteiger partial charge in [-0.3, -0.25) is 9.35 Å². The fraction of sp³-hybridized carbons (Fsp3) is 0.417. The van der Waals surface area contributed by atoms with Crippen molar-refractivity contribution < 1.29 is 49.6 Å². The molecule has 11 nitrogen and oxygen atoms in total. The molecule has 3 fully saturated rings. The van der Waals surface area contributed by atoms with Gasteiger partial charge in [0.1, 0.15) is 17.5 Å². The largest absolute Gasteiger partial charge is 0.408 e. The van der Waals surface area contributed by atoms with Crippen LogP contribution in [0.15, 0.2) is 42.5 Å². The summed E-state index contributed by atoms with van der Waals surface area (Å²) in [7, 11) is -4.74. The van der Waals surface area contributed by atoms with E-state index in [1.807, 2.05) is 0 Å². The Labute approximate surface area is 225 Å². The number of rotatable bonds is 7. The zero-order chi connectivity index (χ0) is 29.0. The molecule has 1 spiro atoms. The second-order valence-corrected chi connectivity index (χ2v) is 10.9. The predicted molar refractivity (Wildman–Crippen MR) is 129 cm³/mol. The molecule has 2 aromatic rings. The summed E-state index contributed by atoms with van der Waals surface area (Å²) in [6.45, 7) is 0.0960. The molecule has 2 aromatic carbocycles. The molecule has 3 saturated heterocycles. The van der Waals surface area contributed by atoms with Crippen molar-refractivity contribution in [2.24, 2.45) is 0 Å². The molecular weight excluding hydrogens is 564 g/mol. The van der Waals surface area contributed by atoms with Crippen molar-refractivity contribution in [2.45, 2.75) is 56.8 Å². The van der Waals surface area contributed by atoms with Gasteiger partial charge in [-0.15, -0.1) is 0 Å². The molecule has 6 rings (SSSR count). The van der Waals surface area contributed by atoms with E-state index in [0.717, 1.165) is 24.6 Å². The predicted octanol–water partition coefficient (Wildman–Crippen LogP) is 2.84. The second-order valence-electron chi connectivity index (χ2n) is 9.74. The van der Waals surface area contributed by atoms with E-state index < -0.39 is 65.1 Å². The Balaban J connectivity index is 1.30. The van der Waals surface area contributed by atoms with Crippen LogP contribution in [-0.4, -0.2) is 66.1 Å². The number of nitrogens with zero attached hydrogens (tertiary/aromatic N) is 2. The molecule has 40 heavy (non-hydrogen) atoms. The first-order chi connectivity index (χ1) is 18.7. The van der Waals surface area contributed by atoms with Gasteiger partial charge in [0, 0.05) is 12.2 Å². The molecule has 2 unspecified atom stereocenters. The number of fused-ring (bicyclic) bond motifs is 1. The number of carbonyl (C=O) groups excluding carboxylic acids is 2. The first-order valence-corrected chi connectivity index (χ1v) is 13.5. The van der Waals surface area contributed by atoms with Gasteiger partial charge in [0.15, 0.2) is 6.23 Å². The third-order valence-corrected chi connectivity index (χ3v) is 7.62. The Morgan fingerprint density at radius 2 is 1.93 bits per heavy atom. The van der Waals surface area contributed by atoms with E-state index in [4.69, 9.17) is 14.0 Å². The number of alkyl halides is 3. The number of urea groups is 1. The first kappa shape index (κ1) is 28.2. The number of carbonyl (C=O) groups is 2. The molecule has 16 heteroatoms. The van der Waals surface area contributed by atoms with E-state index in [-0.39, 0.29) is 12.2 Å². The normalized spacial score (nSPS) is 24.4. The zero-order valence-corrected chi connectivity index (χ0v) is 21.6. The summed E-state index contributed by atoms with van der Waals surface area (Å²) in [5.41, 5.74) is 1.03. The van der Waals surface area contributed by atoms with Crippen LogP contribution < -0.4 is 10.0 Å². The van der Waals surface area contributed by atoms with Crippen LogP contribution in [0.1, 0.15) is 30.0 Å². The van der Waals surface area contributed by atoms with Crippen molar-refractivity contribution >= 4 is 27.9 Å². The van der Waals surface area contributed by atoms with Gasteiger partial charge in [0.2, 0.25) is 12.3 Å².